The van der Waals surface area contributed by atoms with Gasteiger partial charge in [0.15, 0.2) is 0 Å². The molecule has 0 aromatic carbocycles. The van der Waals surface area contributed by atoms with Crippen molar-refractivity contribution in [1.29, 1.82) is 0 Å². The first-order valence-electron chi connectivity index (χ1n) is 2.35. The summed E-state index contributed by atoms with van der Waals surface area (Å²) in [5.41, 5.74) is 0.981. The Morgan fingerprint density at radius 1 is 1.50 bits per heavy atom. The highest BCUT2D eigenvalue weighted by Crippen LogP contribution is 2.15. The van der Waals surface area contributed by atoms with Gasteiger partial charge in [0.1, 0.15) is 5.76 Å². The van der Waals surface area contributed by atoms with Gasteiger partial charge in [-0.2, -0.15) is 0 Å². The number of hydrogen-bond donors (Lipinski definition) is 0. The van der Waals surface area contributed by atoms with Gasteiger partial charge in [-0.1, -0.05) is 0 Å². The van der Waals surface area contributed by atoms with Gasteiger partial charge >= 0.3 is 0 Å². The molecule has 0 N–H and O–H groups in total. The molecule has 2 heteroatoms. The van der Waals surface area contributed by atoms with Gasteiger partial charge in [-0.25, -0.2) is 0 Å². The van der Waals surface area contributed by atoms with Crippen molar-refractivity contribution >= 4 is 11.6 Å². The van der Waals surface area contributed by atoms with Crippen molar-refractivity contribution in [2.75, 3.05) is 0 Å². The Balaban J connectivity index is 3.14. The van der Waals surface area contributed by atoms with Gasteiger partial charge in [-0.05, 0) is 31.0 Å². The SMILES string of the molecule is Cc1[c]c(Cl)oc1C. The Hall–Kier alpha value is -0.430. The lowest BCUT2D eigenvalue weighted by Gasteiger charge is -1.79. The molecule has 0 aliphatic rings. The molecule has 0 saturated heterocycles. The van der Waals surface area contributed by atoms with Crippen LogP contribution in [0.3, 0.4) is 0 Å². The molecule has 1 aromatic rings. The fourth-order valence-corrected chi connectivity index (χ4v) is 0.729. The van der Waals surface area contributed by atoms with Gasteiger partial charge in [0.25, 0.3) is 0 Å². The normalized spacial score (nSPS) is 9.88. The molecule has 0 atom stereocenters. The minimum absolute atomic E-state index is 0.347. The van der Waals surface area contributed by atoms with E-state index >= 15 is 0 Å². The zero-order valence-corrected chi connectivity index (χ0v) is 5.54. The van der Waals surface area contributed by atoms with Crippen molar-refractivity contribution in [2.45, 2.75) is 13.8 Å². The first-order chi connectivity index (χ1) is 3.70. The summed E-state index contributed by atoms with van der Waals surface area (Å²) in [5, 5.41) is 0.347. The first-order valence-corrected chi connectivity index (χ1v) is 2.73. The van der Waals surface area contributed by atoms with Gasteiger partial charge in [0.2, 0.25) is 5.22 Å². The van der Waals surface area contributed by atoms with E-state index in [0.717, 1.165) is 11.3 Å². The van der Waals surface area contributed by atoms with Crippen LogP contribution in [0.4, 0.5) is 0 Å². The van der Waals surface area contributed by atoms with E-state index < -0.39 is 0 Å². The highest BCUT2D eigenvalue weighted by Gasteiger charge is 1.98. The quantitative estimate of drug-likeness (QED) is 0.524. The third-order valence-electron chi connectivity index (χ3n) is 1.06. The van der Waals surface area contributed by atoms with Gasteiger partial charge in [-0.15, -0.1) is 0 Å². The number of aryl methyl sites for hydroxylation is 2. The highest BCUT2D eigenvalue weighted by molar-refractivity contribution is 6.28. The standard InChI is InChI=1S/C6H6ClO/c1-4-3-6(7)8-5(4)2/h1-2H3. The summed E-state index contributed by atoms with van der Waals surface area (Å²) in [7, 11) is 0. The van der Waals surface area contributed by atoms with Gasteiger partial charge in [0, 0.05) is 6.07 Å². The lowest BCUT2D eigenvalue weighted by atomic mass is 10.3. The first kappa shape index (κ1) is 5.70. The average molecular weight is 130 g/mol. The van der Waals surface area contributed by atoms with Crippen LogP contribution >= 0.6 is 11.6 Å². The third-order valence-corrected chi connectivity index (χ3v) is 1.23. The number of furan rings is 1. The molecular weight excluding hydrogens is 124 g/mol. The maximum absolute atomic E-state index is 5.44. The Morgan fingerprint density at radius 2 is 2.12 bits per heavy atom. The lowest BCUT2D eigenvalue weighted by Crippen LogP contribution is -1.64. The maximum atomic E-state index is 5.44. The predicted molar refractivity (Wildman–Crippen MR) is 32.0 cm³/mol. The van der Waals surface area contributed by atoms with Gasteiger partial charge < -0.3 is 4.42 Å². The summed E-state index contributed by atoms with van der Waals surface area (Å²) in [5.74, 6) is 0.843. The van der Waals surface area contributed by atoms with Crippen LogP contribution in [0, 0.1) is 19.9 Å². The van der Waals surface area contributed by atoms with Crippen LogP contribution in [0.1, 0.15) is 11.3 Å². The Labute approximate surface area is 53.3 Å². The summed E-state index contributed by atoms with van der Waals surface area (Å²) in [4.78, 5) is 0. The van der Waals surface area contributed by atoms with Crippen LogP contribution < -0.4 is 0 Å². The molecule has 0 aliphatic carbocycles. The van der Waals surface area contributed by atoms with Crippen LogP contribution in [0.15, 0.2) is 4.42 Å². The van der Waals surface area contributed by atoms with E-state index in [1.807, 2.05) is 13.8 Å². The Morgan fingerprint density at radius 3 is 2.25 bits per heavy atom. The third kappa shape index (κ3) is 0.869. The van der Waals surface area contributed by atoms with Crippen LogP contribution in [-0.2, 0) is 0 Å². The topological polar surface area (TPSA) is 13.1 Å². The molecule has 0 spiro atoms. The zero-order chi connectivity index (χ0) is 6.15. The van der Waals surface area contributed by atoms with E-state index in [2.05, 4.69) is 6.07 Å². The average Bonchev–Trinajstić information content (AvgIpc) is 1.85. The van der Waals surface area contributed by atoms with Gasteiger partial charge in [0.05, 0.1) is 0 Å². The molecule has 0 bridgehead atoms. The molecule has 1 radical (unpaired) electrons. The molecule has 1 rings (SSSR count). The largest absolute Gasteiger partial charge is 0.449 e. The second-order valence-electron chi connectivity index (χ2n) is 1.68. The second-order valence-corrected chi connectivity index (χ2v) is 2.03. The maximum Gasteiger partial charge on any atom is 0.201 e. The number of hydrogen-bond acceptors (Lipinski definition) is 1. The molecule has 8 heavy (non-hydrogen) atoms. The summed E-state index contributed by atoms with van der Waals surface area (Å²) in [6.07, 6.45) is 0. The predicted octanol–water partition coefficient (Wildman–Crippen LogP) is 2.35. The molecule has 1 nitrogen and oxygen atoms in total. The fourth-order valence-electron chi connectivity index (χ4n) is 0.472. The molecule has 0 amide bonds. The molecule has 0 saturated carbocycles. The Kier molecular flexibility index (Phi) is 1.30. The Bertz CT molecular complexity index is 171. The number of halogens is 1. The molecule has 0 fully saturated rings. The molecule has 1 aromatic heterocycles. The second kappa shape index (κ2) is 1.82. The minimum Gasteiger partial charge on any atom is -0.449 e. The van der Waals surface area contributed by atoms with Crippen LogP contribution in [0.5, 0.6) is 0 Å². The van der Waals surface area contributed by atoms with Crippen molar-refractivity contribution in [3.63, 3.8) is 0 Å². The molecule has 1 heterocycles. The van der Waals surface area contributed by atoms with Crippen LogP contribution in [-0.4, -0.2) is 0 Å². The van der Waals surface area contributed by atoms with Crippen molar-refractivity contribution < 1.29 is 4.42 Å². The van der Waals surface area contributed by atoms with E-state index in [4.69, 9.17) is 16.0 Å². The smallest absolute Gasteiger partial charge is 0.201 e. The minimum atomic E-state index is 0.347. The number of rotatable bonds is 0. The van der Waals surface area contributed by atoms with Gasteiger partial charge in [-0.3, -0.25) is 0 Å². The van der Waals surface area contributed by atoms with E-state index in [1.165, 1.54) is 0 Å². The monoisotopic (exact) mass is 129 g/mol. The van der Waals surface area contributed by atoms with E-state index in [9.17, 15) is 0 Å². The summed E-state index contributed by atoms with van der Waals surface area (Å²) >= 11 is 5.44. The van der Waals surface area contributed by atoms with Crippen molar-refractivity contribution in [2.24, 2.45) is 0 Å². The molecule has 0 unspecified atom stereocenters. The fraction of sp³-hybridized carbons (Fsp3) is 0.333. The van der Waals surface area contributed by atoms with E-state index in [1.54, 1.807) is 0 Å². The lowest BCUT2D eigenvalue weighted by molar-refractivity contribution is 0.533. The molecule has 43 valence electrons. The summed E-state index contributed by atoms with van der Waals surface area (Å²) < 4.78 is 4.92. The summed E-state index contributed by atoms with van der Waals surface area (Å²) in [6.45, 7) is 3.77. The van der Waals surface area contributed by atoms with E-state index in [0.29, 0.717) is 5.22 Å². The van der Waals surface area contributed by atoms with Crippen molar-refractivity contribution in [1.82, 2.24) is 0 Å². The summed E-state index contributed by atoms with van der Waals surface area (Å²) in [6, 6.07) is 2.81. The van der Waals surface area contributed by atoms with Crippen LogP contribution in [0.2, 0.25) is 5.22 Å². The molecular formula is C6H6ClO. The van der Waals surface area contributed by atoms with Crippen LogP contribution in [0.25, 0.3) is 0 Å². The van der Waals surface area contributed by atoms with Crippen molar-refractivity contribution in [3.8, 4) is 0 Å². The van der Waals surface area contributed by atoms with Crippen molar-refractivity contribution in [3.05, 3.63) is 22.6 Å². The van der Waals surface area contributed by atoms with E-state index in [-0.39, 0.29) is 0 Å². The molecule has 0 aliphatic heterocycles. The highest BCUT2D eigenvalue weighted by atomic mass is 35.5. The zero-order valence-electron chi connectivity index (χ0n) is 4.79.